The minimum Gasteiger partial charge on any atom is -0.349 e. The fraction of sp³-hybridized carbons (Fsp3) is 0.591. The first-order valence-electron chi connectivity index (χ1n) is 10.6. The van der Waals surface area contributed by atoms with E-state index in [9.17, 15) is 27.6 Å². The van der Waals surface area contributed by atoms with Crippen molar-refractivity contribution in [2.75, 3.05) is 0 Å². The molecule has 5 nitrogen and oxygen atoms in total. The molecule has 0 bridgehead atoms. The summed E-state index contributed by atoms with van der Waals surface area (Å²) in [4.78, 5) is 39.6. The molecule has 30 heavy (non-hydrogen) atoms. The maximum absolute atomic E-state index is 13.0. The minimum atomic E-state index is -4.26. The zero-order valence-corrected chi connectivity index (χ0v) is 16.6. The van der Waals surface area contributed by atoms with E-state index < -0.39 is 24.0 Å². The first kappa shape index (κ1) is 20.9. The first-order valence-corrected chi connectivity index (χ1v) is 10.6. The molecule has 3 aliphatic rings. The molecule has 0 aromatic heterocycles. The zero-order valence-electron chi connectivity index (χ0n) is 16.6. The molecule has 1 N–H and O–H groups in total. The third-order valence-electron chi connectivity index (χ3n) is 6.59. The largest absolute Gasteiger partial charge is 0.391 e. The summed E-state index contributed by atoms with van der Waals surface area (Å²) in [5.74, 6) is -2.62. The van der Waals surface area contributed by atoms with Crippen LogP contribution in [0.25, 0.3) is 0 Å². The maximum atomic E-state index is 13.0. The van der Waals surface area contributed by atoms with Crippen LogP contribution in [-0.4, -0.2) is 40.9 Å². The van der Waals surface area contributed by atoms with E-state index in [2.05, 4.69) is 5.32 Å². The number of halogens is 3. The Morgan fingerprint density at radius 1 is 0.933 bits per heavy atom. The lowest BCUT2D eigenvalue weighted by Gasteiger charge is -2.31. The summed E-state index contributed by atoms with van der Waals surface area (Å²) in [6.07, 6.45) is 1.24. The van der Waals surface area contributed by atoms with E-state index in [0.717, 1.165) is 32.1 Å². The number of rotatable bonds is 3. The second kappa shape index (κ2) is 8.04. The van der Waals surface area contributed by atoms with Crippen LogP contribution in [0.2, 0.25) is 0 Å². The van der Waals surface area contributed by atoms with Gasteiger partial charge in [0, 0.05) is 17.6 Å². The molecule has 162 valence electrons. The van der Waals surface area contributed by atoms with Crippen LogP contribution in [0.4, 0.5) is 13.2 Å². The highest BCUT2D eigenvalue weighted by Crippen LogP contribution is 2.37. The van der Waals surface area contributed by atoms with Crippen molar-refractivity contribution < 1.29 is 27.6 Å². The Hall–Kier alpha value is -2.38. The average molecular weight is 422 g/mol. The smallest absolute Gasteiger partial charge is 0.349 e. The standard InChI is InChI=1S/C22H25F3N2O3/c23-22(24,25)14-5-4-6-15(12-14)26-19(28)13-9-10-17-18(11-13)21(30)27(20(17)29)16-7-2-1-3-8-16/h9-11,14-16H,1-8,12H2,(H,26,28). The molecule has 2 atom stereocenters. The van der Waals surface area contributed by atoms with Crippen molar-refractivity contribution in [3.05, 3.63) is 34.9 Å². The number of amides is 3. The van der Waals surface area contributed by atoms with Gasteiger partial charge in [-0.1, -0.05) is 25.7 Å². The number of hydrogen-bond donors (Lipinski definition) is 1. The van der Waals surface area contributed by atoms with Crippen LogP contribution < -0.4 is 5.32 Å². The highest BCUT2D eigenvalue weighted by atomic mass is 19.4. The third-order valence-corrected chi connectivity index (χ3v) is 6.59. The van der Waals surface area contributed by atoms with Gasteiger partial charge in [-0.05, 0) is 50.3 Å². The fourth-order valence-corrected chi connectivity index (χ4v) is 4.96. The molecule has 2 unspecified atom stereocenters. The number of nitrogens with one attached hydrogen (secondary N) is 1. The lowest BCUT2D eigenvalue weighted by molar-refractivity contribution is -0.183. The monoisotopic (exact) mass is 422 g/mol. The Kier molecular flexibility index (Phi) is 5.59. The number of nitrogens with zero attached hydrogens (tertiary/aromatic N) is 1. The molecule has 1 aromatic rings. The lowest BCUT2D eigenvalue weighted by atomic mass is 9.85. The molecule has 2 saturated carbocycles. The quantitative estimate of drug-likeness (QED) is 0.731. The molecule has 1 aliphatic heterocycles. The summed E-state index contributed by atoms with van der Waals surface area (Å²) in [7, 11) is 0. The average Bonchev–Trinajstić information content (AvgIpc) is 2.98. The summed E-state index contributed by atoms with van der Waals surface area (Å²) in [6.45, 7) is 0. The predicted molar refractivity (Wildman–Crippen MR) is 103 cm³/mol. The van der Waals surface area contributed by atoms with Gasteiger partial charge in [-0.25, -0.2) is 0 Å². The van der Waals surface area contributed by atoms with Gasteiger partial charge in [0.1, 0.15) is 0 Å². The Labute approximate surface area is 173 Å². The SMILES string of the molecule is O=C(NC1CCCC(C(F)(F)F)C1)c1ccc2c(c1)C(=O)N(C1CCCCC1)C2=O. The second-order valence-electron chi connectivity index (χ2n) is 8.61. The summed E-state index contributed by atoms with van der Waals surface area (Å²) >= 11 is 0. The molecule has 0 radical (unpaired) electrons. The van der Waals surface area contributed by atoms with Crippen molar-refractivity contribution in [3.8, 4) is 0 Å². The summed E-state index contributed by atoms with van der Waals surface area (Å²) < 4.78 is 39.0. The van der Waals surface area contributed by atoms with Crippen LogP contribution in [0.15, 0.2) is 18.2 Å². The highest BCUT2D eigenvalue weighted by molar-refractivity contribution is 6.22. The zero-order chi connectivity index (χ0) is 21.5. The van der Waals surface area contributed by atoms with Crippen LogP contribution in [0.5, 0.6) is 0 Å². The van der Waals surface area contributed by atoms with Crippen molar-refractivity contribution in [3.63, 3.8) is 0 Å². The molecule has 1 aromatic carbocycles. The van der Waals surface area contributed by atoms with E-state index >= 15 is 0 Å². The minimum absolute atomic E-state index is 0.0856. The molecule has 4 rings (SSSR count). The van der Waals surface area contributed by atoms with Crippen molar-refractivity contribution in [1.29, 1.82) is 0 Å². The van der Waals surface area contributed by atoms with Crippen LogP contribution in [0.1, 0.15) is 88.9 Å². The number of benzene rings is 1. The molecule has 0 spiro atoms. The van der Waals surface area contributed by atoms with Gasteiger partial charge in [-0.3, -0.25) is 19.3 Å². The summed E-state index contributed by atoms with van der Waals surface area (Å²) in [5, 5.41) is 2.68. The number of alkyl halides is 3. The summed E-state index contributed by atoms with van der Waals surface area (Å²) in [6, 6.07) is 3.69. The Morgan fingerprint density at radius 3 is 2.33 bits per heavy atom. The fourth-order valence-electron chi connectivity index (χ4n) is 4.96. The number of hydrogen-bond acceptors (Lipinski definition) is 3. The normalized spacial score (nSPS) is 25.4. The highest BCUT2D eigenvalue weighted by Gasteiger charge is 2.43. The van der Waals surface area contributed by atoms with Crippen LogP contribution in [0.3, 0.4) is 0 Å². The number of fused-ring (bicyclic) bond motifs is 1. The Balaban J connectivity index is 1.47. The third kappa shape index (κ3) is 3.96. The van der Waals surface area contributed by atoms with Gasteiger partial charge in [0.15, 0.2) is 0 Å². The molecule has 8 heteroatoms. The van der Waals surface area contributed by atoms with Crippen molar-refractivity contribution in [2.24, 2.45) is 5.92 Å². The summed E-state index contributed by atoms with van der Waals surface area (Å²) in [5.41, 5.74) is 0.682. The van der Waals surface area contributed by atoms with Crippen molar-refractivity contribution in [2.45, 2.75) is 76.0 Å². The van der Waals surface area contributed by atoms with E-state index in [1.165, 1.54) is 23.1 Å². The Morgan fingerprint density at radius 2 is 1.63 bits per heavy atom. The molecule has 1 heterocycles. The van der Waals surface area contributed by atoms with Gasteiger partial charge < -0.3 is 5.32 Å². The van der Waals surface area contributed by atoms with Gasteiger partial charge in [0.05, 0.1) is 17.0 Å². The molecular weight excluding hydrogens is 397 g/mol. The molecule has 2 fully saturated rings. The van der Waals surface area contributed by atoms with Gasteiger partial charge in [0.25, 0.3) is 17.7 Å². The first-order chi connectivity index (χ1) is 14.3. The van der Waals surface area contributed by atoms with Gasteiger partial charge in [0.2, 0.25) is 0 Å². The second-order valence-corrected chi connectivity index (χ2v) is 8.61. The van der Waals surface area contributed by atoms with Crippen LogP contribution >= 0.6 is 0 Å². The molecule has 2 aliphatic carbocycles. The molecule has 3 amide bonds. The topological polar surface area (TPSA) is 66.5 Å². The van der Waals surface area contributed by atoms with Crippen molar-refractivity contribution in [1.82, 2.24) is 10.2 Å². The van der Waals surface area contributed by atoms with E-state index in [-0.39, 0.29) is 47.4 Å². The van der Waals surface area contributed by atoms with Crippen LogP contribution in [-0.2, 0) is 0 Å². The number of carbonyl (C=O) groups excluding carboxylic acids is 3. The number of carbonyl (C=O) groups is 3. The van der Waals surface area contributed by atoms with Gasteiger partial charge >= 0.3 is 6.18 Å². The number of imide groups is 1. The van der Waals surface area contributed by atoms with Gasteiger partial charge in [-0.15, -0.1) is 0 Å². The molecular formula is C22H25F3N2O3. The van der Waals surface area contributed by atoms with E-state index in [1.54, 1.807) is 0 Å². The lowest BCUT2D eigenvalue weighted by Crippen LogP contribution is -2.41. The van der Waals surface area contributed by atoms with Crippen molar-refractivity contribution >= 4 is 17.7 Å². The predicted octanol–water partition coefficient (Wildman–Crippen LogP) is 4.47. The molecule has 0 saturated heterocycles. The van der Waals surface area contributed by atoms with E-state index in [4.69, 9.17) is 0 Å². The van der Waals surface area contributed by atoms with Crippen LogP contribution in [0, 0.1) is 5.92 Å². The maximum Gasteiger partial charge on any atom is 0.391 e. The van der Waals surface area contributed by atoms with Gasteiger partial charge in [-0.2, -0.15) is 13.2 Å². The Bertz CT molecular complexity index is 862. The van der Waals surface area contributed by atoms with E-state index in [1.807, 2.05) is 0 Å². The van der Waals surface area contributed by atoms with E-state index in [0.29, 0.717) is 12.8 Å².